The first-order valence-electron chi connectivity index (χ1n) is 10.4. The maximum Gasteiger partial charge on any atom is 0.0627 e. The van der Waals surface area contributed by atoms with Gasteiger partial charge in [0.15, 0.2) is 0 Å². The Morgan fingerprint density at radius 1 is 0.500 bits per heavy atom. The van der Waals surface area contributed by atoms with Crippen LogP contribution in [0.3, 0.4) is 0 Å². The Labute approximate surface area is 137 Å². The fourth-order valence-corrected chi connectivity index (χ4v) is 5.95. The molecule has 2 atom stereocenters. The predicted molar refractivity (Wildman–Crippen MR) is 92.9 cm³/mol. The monoisotopic (exact) mass is 304 g/mol. The van der Waals surface area contributed by atoms with Gasteiger partial charge >= 0.3 is 0 Å². The van der Waals surface area contributed by atoms with E-state index in [1.54, 1.807) is 0 Å². The number of nitrogens with zero attached hydrogens (tertiary/aromatic N) is 2. The first-order valence-corrected chi connectivity index (χ1v) is 10.4. The molecule has 4 rings (SSSR count). The Morgan fingerprint density at radius 3 is 1.86 bits per heavy atom. The molecule has 4 fully saturated rings. The van der Waals surface area contributed by atoms with Crippen LogP contribution in [0, 0.1) is 5.92 Å². The Hall–Kier alpha value is -0.0800. The van der Waals surface area contributed by atoms with Crippen molar-refractivity contribution in [3.05, 3.63) is 0 Å². The molecule has 0 amide bonds. The molecule has 126 valence electrons. The minimum Gasteiger partial charge on any atom is -0.285 e. The average molecular weight is 305 g/mol. The predicted octanol–water partition coefficient (Wildman–Crippen LogP) is 4.79. The lowest BCUT2D eigenvalue weighted by molar-refractivity contribution is -0.102. The molecular formula is C20H36N2. The van der Waals surface area contributed by atoms with Crippen LogP contribution in [0.2, 0.25) is 0 Å². The quantitative estimate of drug-likeness (QED) is 0.740. The van der Waals surface area contributed by atoms with E-state index in [1.165, 1.54) is 103 Å². The van der Waals surface area contributed by atoms with Crippen LogP contribution >= 0.6 is 0 Å². The SMILES string of the molecule is C1CCC(C2CCN2C2CCCCN2C2CCCCC2)CC1. The highest BCUT2D eigenvalue weighted by Crippen LogP contribution is 2.39. The van der Waals surface area contributed by atoms with Gasteiger partial charge in [-0.25, -0.2) is 0 Å². The van der Waals surface area contributed by atoms with E-state index in [0.717, 1.165) is 24.2 Å². The summed E-state index contributed by atoms with van der Waals surface area (Å²) in [6.07, 6.45) is 21.7. The van der Waals surface area contributed by atoms with Crippen LogP contribution in [0.25, 0.3) is 0 Å². The smallest absolute Gasteiger partial charge is 0.0627 e. The van der Waals surface area contributed by atoms with Crippen molar-refractivity contribution in [1.82, 2.24) is 9.80 Å². The third-order valence-corrected chi connectivity index (χ3v) is 7.24. The molecule has 2 aliphatic carbocycles. The summed E-state index contributed by atoms with van der Waals surface area (Å²) in [5, 5.41) is 0. The van der Waals surface area contributed by atoms with Gasteiger partial charge in [0.05, 0.1) is 6.17 Å². The molecule has 4 aliphatic rings. The van der Waals surface area contributed by atoms with Crippen molar-refractivity contribution < 1.29 is 0 Å². The van der Waals surface area contributed by atoms with Crippen LogP contribution in [0.15, 0.2) is 0 Å². The Kier molecular flexibility index (Phi) is 5.07. The summed E-state index contributed by atoms with van der Waals surface area (Å²) in [7, 11) is 0. The number of hydrogen-bond acceptors (Lipinski definition) is 2. The Balaban J connectivity index is 1.42. The first-order chi connectivity index (χ1) is 10.9. The van der Waals surface area contributed by atoms with E-state index in [1.807, 2.05) is 0 Å². The average Bonchev–Trinajstić information content (AvgIpc) is 2.56. The third kappa shape index (κ3) is 3.11. The number of rotatable bonds is 3. The van der Waals surface area contributed by atoms with Crippen LogP contribution in [0.4, 0.5) is 0 Å². The van der Waals surface area contributed by atoms with Crippen LogP contribution in [0.5, 0.6) is 0 Å². The fourth-order valence-electron chi connectivity index (χ4n) is 5.95. The van der Waals surface area contributed by atoms with Crippen molar-refractivity contribution in [3.8, 4) is 0 Å². The minimum absolute atomic E-state index is 0.817. The highest BCUT2D eigenvalue weighted by Gasteiger charge is 2.43. The highest BCUT2D eigenvalue weighted by atomic mass is 15.4. The van der Waals surface area contributed by atoms with Crippen LogP contribution < -0.4 is 0 Å². The van der Waals surface area contributed by atoms with E-state index < -0.39 is 0 Å². The van der Waals surface area contributed by atoms with Crippen molar-refractivity contribution in [2.75, 3.05) is 13.1 Å². The molecule has 2 heterocycles. The van der Waals surface area contributed by atoms with Gasteiger partial charge in [0.1, 0.15) is 0 Å². The number of likely N-dealkylation sites (tertiary alicyclic amines) is 2. The van der Waals surface area contributed by atoms with E-state index in [9.17, 15) is 0 Å². The molecule has 0 aromatic rings. The van der Waals surface area contributed by atoms with Gasteiger partial charge in [-0.15, -0.1) is 0 Å². The van der Waals surface area contributed by atoms with Gasteiger partial charge in [0.25, 0.3) is 0 Å². The lowest BCUT2D eigenvalue weighted by Crippen LogP contribution is -2.64. The van der Waals surface area contributed by atoms with Gasteiger partial charge in [-0.3, -0.25) is 9.80 Å². The normalized spacial score (nSPS) is 37.1. The summed E-state index contributed by atoms with van der Waals surface area (Å²) in [5.41, 5.74) is 0. The van der Waals surface area contributed by atoms with Gasteiger partial charge < -0.3 is 0 Å². The Bertz CT molecular complexity index is 344. The Morgan fingerprint density at radius 2 is 1.18 bits per heavy atom. The van der Waals surface area contributed by atoms with Gasteiger partial charge in [-0.05, 0) is 63.8 Å². The zero-order chi connectivity index (χ0) is 14.8. The molecule has 0 aromatic carbocycles. The van der Waals surface area contributed by atoms with Crippen LogP contribution in [-0.2, 0) is 0 Å². The van der Waals surface area contributed by atoms with Crippen LogP contribution in [-0.4, -0.2) is 41.1 Å². The van der Waals surface area contributed by atoms with Crippen molar-refractivity contribution in [2.45, 2.75) is 108 Å². The largest absolute Gasteiger partial charge is 0.285 e. The summed E-state index contributed by atoms with van der Waals surface area (Å²) in [6.45, 7) is 2.79. The summed E-state index contributed by atoms with van der Waals surface area (Å²) in [4.78, 5) is 5.93. The second kappa shape index (κ2) is 7.21. The molecule has 2 nitrogen and oxygen atoms in total. The molecule has 0 aromatic heterocycles. The van der Waals surface area contributed by atoms with E-state index in [2.05, 4.69) is 9.80 Å². The van der Waals surface area contributed by atoms with Crippen molar-refractivity contribution in [2.24, 2.45) is 5.92 Å². The minimum atomic E-state index is 0.817. The van der Waals surface area contributed by atoms with E-state index in [4.69, 9.17) is 0 Å². The van der Waals surface area contributed by atoms with E-state index in [-0.39, 0.29) is 0 Å². The number of hydrogen-bond donors (Lipinski definition) is 0. The second-order valence-electron chi connectivity index (χ2n) is 8.50. The molecular weight excluding hydrogens is 268 g/mol. The van der Waals surface area contributed by atoms with Crippen molar-refractivity contribution in [1.29, 1.82) is 0 Å². The molecule has 0 N–H and O–H groups in total. The second-order valence-corrected chi connectivity index (χ2v) is 8.50. The van der Waals surface area contributed by atoms with Gasteiger partial charge in [0, 0.05) is 18.6 Å². The summed E-state index contributed by atoms with van der Waals surface area (Å²) in [5.74, 6) is 1.04. The molecule has 2 unspecified atom stereocenters. The molecule has 0 spiro atoms. The fraction of sp³-hybridized carbons (Fsp3) is 1.00. The first kappa shape index (κ1) is 15.4. The summed E-state index contributed by atoms with van der Waals surface area (Å²) in [6, 6.07) is 1.88. The van der Waals surface area contributed by atoms with E-state index >= 15 is 0 Å². The van der Waals surface area contributed by atoms with Gasteiger partial charge in [-0.2, -0.15) is 0 Å². The molecule has 0 bridgehead atoms. The number of piperidine rings is 1. The molecule has 2 saturated heterocycles. The maximum atomic E-state index is 2.97. The molecule has 2 aliphatic heterocycles. The standard InChI is InChI=1S/C20H36N2/c1-3-9-17(10-4-1)19-14-16-22(19)20-13-7-8-15-21(20)18-11-5-2-6-12-18/h17-20H,1-16H2. The molecule has 2 heteroatoms. The third-order valence-electron chi connectivity index (χ3n) is 7.24. The zero-order valence-electron chi connectivity index (χ0n) is 14.5. The molecule has 0 radical (unpaired) electrons. The topological polar surface area (TPSA) is 6.48 Å². The highest BCUT2D eigenvalue weighted by molar-refractivity contribution is 4.95. The van der Waals surface area contributed by atoms with Crippen molar-refractivity contribution in [3.63, 3.8) is 0 Å². The lowest BCUT2D eigenvalue weighted by atomic mass is 9.78. The summed E-state index contributed by atoms with van der Waals surface area (Å²) >= 11 is 0. The zero-order valence-corrected chi connectivity index (χ0v) is 14.5. The lowest BCUT2D eigenvalue weighted by Gasteiger charge is -2.56. The van der Waals surface area contributed by atoms with Gasteiger partial charge in [0.2, 0.25) is 0 Å². The molecule has 22 heavy (non-hydrogen) atoms. The summed E-state index contributed by atoms with van der Waals surface area (Å²) < 4.78 is 0. The maximum absolute atomic E-state index is 2.97. The molecule has 2 saturated carbocycles. The van der Waals surface area contributed by atoms with Gasteiger partial charge in [-0.1, -0.05) is 38.5 Å². The van der Waals surface area contributed by atoms with E-state index in [0.29, 0.717) is 0 Å². The van der Waals surface area contributed by atoms with Crippen molar-refractivity contribution >= 4 is 0 Å². The van der Waals surface area contributed by atoms with Crippen LogP contribution in [0.1, 0.15) is 89.9 Å².